The molecule has 0 aliphatic carbocycles. The highest BCUT2D eigenvalue weighted by molar-refractivity contribution is 6.29. The first kappa shape index (κ1) is 11.5. The summed E-state index contributed by atoms with van der Waals surface area (Å²) in [5.74, 6) is 0.755. The minimum absolute atomic E-state index is 0. The molecular weight excluding hydrogens is 199 g/mol. The van der Waals surface area contributed by atoms with E-state index in [2.05, 4.69) is 9.97 Å². The third-order valence-corrected chi connectivity index (χ3v) is 1.93. The number of hydrogen-bond donors (Lipinski definition) is 1. The van der Waals surface area contributed by atoms with E-state index in [1.165, 1.54) is 0 Å². The van der Waals surface area contributed by atoms with Gasteiger partial charge in [-0.1, -0.05) is 6.92 Å². The van der Waals surface area contributed by atoms with Gasteiger partial charge in [0.2, 0.25) is 5.15 Å². The van der Waals surface area contributed by atoms with Crippen molar-refractivity contribution >= 4 is 11.6 Å². The summed E-state index contributed by atoms with van der Waals surface area (Å²) < 4.78 is 0. The van der Waals surface area contributed by atoms with E-state index >= 15 is 0 Å². The highest BCUT2D eigenvalue weighted by Crippen LogP contribution is 2.00. The second kappa shape index (κ2) is 4.48. The molecule has 68 valence electrons. The summed E-state index contributed by atoms with van der Waals surface area (Å²) in [5.41, 5.74) is 0.412. The van der Waals surface area contributed by atoms with E-state index in [9.17, 15) is 4.79 Å². The lowest BCUT2D eigenvalue weighted by Gasteiger charge is -1.91. The van der Waals surface area contributed by atoms with Crippen molar-refractivity contribution in [2.45, 2.75) is 20.3 Å². The Kier molecular flexibility index (Phi) is 4.28. The lowest BCUT2D eigenvalue weighted by atomic mass is 10.3. The minimum Gasteiger partial charge on any atom is -1.00 e. The van der Waals surface area contributed by atoms with Crippen LogP contribution in [0.4, 0.5) is 0 Å². The van der Waals surface area contributed by atoms with Crippen LogP contribution in [0.25, 0.3) is 0 Å². The molecule has 0 aliphatic heterocycles. The summed E-state index contributed by atoms with van der Waals surface area (Å²) in [5, 5.41) is 0.422. The molecule has 0 unspecified atom stereocenters. The zero-order chi connectivity index (χ0) is 8.43. The van der Waals surface area contributed by atoms with Gasteiger partial charge in [-0.3, -0.25) is 0 Å². The van der Waals surface area contributed by atoms with Crippen LogP contribution in [-0.4, -0.2) is 4.98 Å². The molecule has 0 radical (unpaired) electrons. The molecule has 1 rings (SSSR count). The minimum atomic E-state index is -0.120. The van der Waals surface area contributed by atoms with Crippen molar-refractivity contribution in [1.29, 1.82) is 0 Å². The fraction of sp³-hybridized carbons (Fsp3) is 0.429. The molecule has 2 N–H and O–H groups in total. The number of hydrogen-bond acceptors (Lipinski definition) is 1. The van der Waals surface area contributed by atoms with Crippen molar-refractivity contribution in [1.82, 2.24) is 4.98 Å². The van der Waals surface area contributed by atoms with E-state index in [1.807, 2.05) is 6.92 Å². The van der Waals surface area contributed by atoms with E-state index in [4.69, 9.17) is 11.6 Å². The normalized spacial score (nSPS) is 9.25. The predicted molar refractivity (Wildman–Crippen MR) is 42.7 cm³/mol. The van der Waals surface area contributed by atoms with Gasteiger partial charge in [0.15, 0.2) is 0 Å². The molecule has 1 aromatic rings. The van der Waals surface area contributed by atoms with Crippen LogP contribution in [0.5, 0.6) is 0 Å². The summed E-state index contributed by atoms with van der Waals surface area (Å²) in [6.07, 6.45) is 0.745. The Bertz CT molecular complexity index is 322. The van der Waals surface area contributed by atoms with E-state index in [1.54, 1.807) is 6.92 Å². The van der Waals surface area contributed by atoms with Crippen LogP contribution in [0.3, 0.4) is 0 Å². The third kappa shape index (κ3) is 2.22. The number of H-pyrrole nitrogens is 2. The second-order valence-electron chi connectivity index (χ2n) is 2.35. The fourth-order valence-corrected chi connectivity index (χ4v) is 0.965. The molecular formula is C7H10Cl2N2O. The number of halogens is 2. The van der Waals surface area contributed by atoms with Gasteiger partial charge in [-0.05, 0) is 18.5 Å². The first-order chi connectivity index (χ1) is 5.15. The van der Waals surface area contributed by atoms with Gasteiger partial charge < -0.3 is 12.4 Å². The molecule has 0 amide bonds. The van der Waals surface area contributed by atoms with Crippen LogP contribution in [0.1, 0.15) is 18.3 Å². The summed E-state index contributed by atoms with van der Waals surface area (Å²) in [6.45, 7) is 3.62. The van der Waals surface area contributed by atoms with Crippen LogP contribution in [0.2, 0.25) is 5.15 Å². The fourth-order valence-electron chi connectivity index (χ4n) is 0.765. The average molecular weight is 209 g/mol. The van der Waals surface area contributed by atoms with Crippen molar-refractivity contribution in [3.8, 4) is 0 Å². The zero-order valence-corrected chi connectivity index (χ0v) is 8.38. The summed E-state index contributed by atoms with van der Waals surface area (Å²) >= 11 is 5.72. The van der Waals surface area contributed by atoms with Crippen molar-refractivity contribution in [2.75, 3.05) is 0 Å². The number of aromatic amines is 2. The number of rotatable bonds is 1. The van der Waals surface area contributed by atoms with Crippen molar-refractivity contribution in [2.24, 2.45) is 0 Å². The van der Waals surface area contributed by atoms with Crippen LogP contribution < -0.4 is 23.0 Å². The molecule has 0 aromatic carbocycles. The summed E-state index contributed by atoms with van der Waals surface area (Å²) in [4.78, 5) is 16.6. The molecule has 1 heterocycles. The van der Waals surface area contributed by atoms with E-state index in [0.717, 1.165) is 12.2 Å². The molecule has 0 spiro atoms. The molecule has 12 heavy (non-hydrogen) atoms. The standard InChI is InChI=1S/C7H9ClN2O.ClH/c1-3-5-9-6(8)4(2)7(11)10-5;/h3H2,1-2H3,(H,9,10,11);1H. The van der Waals surface area contributed by atoms with E-state index in [0.29, 0.717) is 10.7 Å². The van der Waals surface area contributed by atoms with Crippen molar-refractivity contribution in [3.63, 3.8) is 0 Å². The van der Waals surface area contributed by atoms with Crippen LogP contribution in [-0.2, 0) is 6.42 Å². The number of aryl methyl sites for hydroxylation is 1. The van der Waals surface area contributed by atoms with Crippen molar-refractivity contribution in [3.05, 3.63) is 26.9 Å². The molecule has 0 aliphatic rings. The first-order valence-electron chi connectivity index (χ1n) is 3.45. The average Bonchev–Trinajstić information content (AvgIpc) is 1.99. The van der Waals surface area contributed by atoms with Gasteiger partial charge in [-0.25, -0.2) is 14.8 Å². The maximum absolute atomic E-state index is 11.1. The van der Waals surface area contributed by atoms with Gasteiger partial charge >= 0.3 is 5.56 Å². The molecule has 3 nitrogen and oxygen atoms in total. The maximum atomic E-state index is 11.1. The summed E-state index contributed by atoms with van der Waals surface area (Å²) in [6, 6.07) is 0. The van der Waals surface area contributed by atoms with Gasteiger partial charge in [0.25, 0.3) is 5.82 Å². The highest BCUT2D eigenvalue weighted by atomic mass is 35.5. The third-order valence-electron chi connectivity index (χ3n) is 1.55. The van der Waals surface area contributed by atoms with Gasteiger partial charge in [-0.15, -0.1) is 0 Å². The van der Waals surface area contributed by atoms with E-state index in [-0.39, 0.29) is 18.0 Å². The smallest absolute Gasteiger partial charge is 0.339 e. The van der Waals surface area contributed by atoms with Gasteiger partial charge in [0, 0.05) is 6.42 Å². The first-order valence-corrected chi connectivity index (χ1v) is 3.83. The van der Waals surface area contributed by atoms with Crippen LogP contribution in [0.15, 0.2) is 4.79 Å². The number of nitrogens with one attached hydrogen (secondary N) is 2. The largest absolute Gasteiger partial charge is 1.00 e. The maximum Gasteiger partial charge on any atom is 0.339 e. The lowest BCUT2D eigenvalue weighted by molar-refractivity contribution is -0.393. The topological polar surface area (TPSA) is 47.0 Å². The van der Waals surface area contributed by atoms with E-state index < -0.39 is 0 Å². The molecule has 5 heteroatoms. The quantitative estimate of drug-likeness (QED) is 0.520. The second-order valence-corrected chi connectivity index (χ2v) is 2.73. The Balaban J connectivity index is 0.00000121. The lowest BCUT2D eigenvalue weighted by Crippen LogP contribution is -3.00. The Morgan fingerprint density at radius 2 is 2.17 bits per heavy atom. The predicted octanol–water partition coefficient (Wildman–Crippen LogP) is -2.28. The Hall–Kier alpha value is -0.540. The molecule has 0 saturated heterocycles. The Labute approximate surface area is 81.6 Å². The molecule has 0 atom stereocenters. The van der Waals surface area contributed by atoms with Crippen LogP contribution in [0, 0.1) is 6.92 Å². The van der Waals surface area contributed by atoms with Gasteiger partial charge in [-0.2, -0.15) is 0 Å². The number of aromatic nitrogens is 2. The monoisotopic (exact) mass is 208 g/mol. The van der Waals surface area contributed by atoms with Gasteiger partial charge in [0.05, 0.1) is 5.56 Å². The summed E-state index contributed by atoms with van der Waals surface area (Å²) in [7, 11) is 0. The Morgan fingerprint density at radius 1 is 1.58 bits per heavy atom. The molecule has 0 fully saturated rings. The Morgan fingerprint density at radius 3 is 2.58 bits per heavy atom. The highest BCUT2D eigenvalue weighted by Gasteiger charge is 2.08. The molecule has 1 aromatic heterocycles. The molecule has 0 saturated carbocycles. The SMILES string of the molecule is CCc1[nH]c(=O)c(C)c(Cl)[nH+]1.[Cl-]. The van der Waals surface area contributed by atoms with Crippen LogP contribution >= 0.6 is 11.6 Å². The molecule has 0 bridgehead atoms. The zero-order valence-electron chi connectivity index (χ0n) is 6.87. The van der Waals surface area contributed by atoms with Gasteiger partial charge in [0.1, 0.15) is 0 Å². The van der Waals surface area contributed by atoms with Crippen molar-refractivity contribution < 1.29 is 17.4 Å².